The zero-order chi connectivity index (χ0) is 28.4. The number of carbonyl (C=O) groups is 2. The topological polar surface area (TPSA) is 84.2 Å². The fourth-order valence-electron chi connectivity index (χ4n) is 3.77. The number of amides is 1. The van der Waals surface area contributed by atoms with E-state index in [2.05, 4.69) is 54.5 Å². The average Bonchev–Trinajstić information content (AvgIpc) is 3.77. The van der Waals surface area contributed by atoms with Crippen molar-refractivity contribution in [1.29, 1.82) is 0 Å². The third-order valence-corrected chi connectivity index (χ3v) is 6.02. The van der Waals surface area contributed by atoms with Crippen molar-refractivity contribution < 1.29 is 22.8 Å². The monoisotopic (exact) mass is 535 g/mol. The summed E-state index contributed by atoms with van der Waals surface area (Å²) in [6.45, 7) is 5.24. The van der Waals surface area contributed by atoms with Crippen LogP contribution < -0.4 is 16.4 Å². The molecule has 1 fully saturated rings. The van der Waals surface area contributed by atoms with E-state index in [4.69, 9.17) is 5.73 Å². The molecule has 4 rings (SSSR count). The molecule has 0 heterocycles. The third kappa shape index (κ3) is 9.26. The summed E-state index contributed by atoms with van der Waals surface area (Å²) < 4.78 is 36.9. The summed E-state index contributed by atoms with van der Waals surface area (Å²) in [6.07, 6.45) is -1.55. The molecule has 204 valence electrons. The molecule has 0 spiro atoms. The second-order valence-electron chi connectivity index (χ2n) is 9.31. The molecule has 1 aliphatic carbocycles. The first-order chi connectivity index (χ1) is 18.6. The highest BCUT2D eigenvalue weighted by Gasteiger charge is 2.32. The molecule has 5 nitrogen and oxygen atoms in total. The quantitative estimate of drug-likeness (QED) is 0.169. The number of allylic oxidation sites excluding steroid dienone is 3. The molecule has 1 aliphatic rings. The van der Waals surface area contributed by atoms with Crippen molar-refractivity contribution in [1.82, 2.24) is 5.32 Å². The number of benzene rings is 3. The summed E-state index contributed by atoms with van der Waals surface area (Å²) in [5.74, 6) is 0.409. The predicted octanol–water partition coefficient (Wildman–Crippen LogP) is 6.37. The highest BCUT2D eigenvalue weighted by molar-refractivity contribution is 5.81. The van der Waals surface area contributed by atoms with E-state index in [1.165, 1.54) is 5.56 Å². The number of nitrogens with two attached hydrogens (primary N) is 1. The van der Waals surface area contributed by atoms with Gasteiger partial charge in [-0.15, -0.1) is 0 Å². The van der Waals surface area contributed by atoms with Gasteiger partial charge in [-0.25, -0.2) is 0 Å². The Balaban J connectivity index is 0.000000216. The Morgan fingerprint density at radius 3 is 2.28 bits per heavy atom. The molecule has 3 aromatic carbocycles. The van der Waals surface area contributed by atoms with Crippen molar-refractivity contribution in [2.45, 2.75) is 38.5 Å². The van der Waals surface area contributed by atoms with Crippen molar-refractivity contribution >= 4 is 17.9 Å². The Hall–Kier alpha value is -4.17. The number of alkyl halides is 3. The van der Waals surface area contributed by atoms with Crippen LogP contribution in [0.4, 0.5) is 18.9 Å². The average molecular weight is 536 g/mol. The summed E-state index contributed by atoms with van der Waals surface area (Å²) in [4.78, 5) is 22.9. The van der Waals surface area contributed by atoms with Crippen LogP contribution in [-0.4, -0.2) is 18.4 Å². The molecule has 0 aliphatic heterocycles. The van der Waals surface area contributed by atoms with E-state index in [0.717, 1.165) is 29.5 Å². The Morgan fingerprint density at radius 2 is 1.69 bits per heavy atom. The smallest absolute Gasteiger partial charge is 0.353 e. The van der Waals surface area contributed by atoms with Gasteiger partial charge in [-0.2, -0.15) is 13.2 Å². The minimum Gasteiger partial charge on any atom is -0.353 e. The first-order valence-corrected chi connectivity index (χ1v) is 12.5. The Kier molecular flexibility index (Phi) is 10.2. The lowest BCUT2D eigenvalue weighted by Gasteiger charge is -2.20. The van der Waals surface area contributed by atoms with Gasteiger partial charge in [0.15, 0.2) is 6.29 Å². The Labute approximate surface area is 226 Å². The van der Waals surface area contributed by atoms with Crippen LogP contribution in [0, 0.1) is 12.8 Å². The molecule has 3 aromatic rings. The van der Waals surface area contributed by atoms with Gasteiger partial charge in [0.25, 0.3) is 0 Å². The molecule has 4 N–H and O–H groups in total. The van der Waals surface area contributed by atoms with Gasteiger partial charge in [0, 0.05) is 18.2 Å². The summed E-state index contributed by atoms with van der Waals surface area (Å²) in [7, 11) is 0. The lowest BCUT2D eigenvalue weighted by molar-refractivity contribution is -0.122. The maximum Gasteiger partial charge on any atom is 0.415 e. The van der Waals surface area contributed by atoms with E-state index in [-0.39, 0.29) is 23.6 Å². The van der Waals surface area contributed by atoms with Crippen LogP contribution in [0.5, 0.6) is 0 Å². The van der Waals surface area contributed by atoms with Crippen LogP contribution in [-0.2, 0) is 16.1 Å². The van der Waals surface area contributed by atoms with Gasteiger partial charge in [-0.05, 0) is 54.7 Å². The zero-order valence-corrected chi connectivity index (χ0v) is 21.7. The van der Waals surface area contributed by atoms with Crippen LogP contribution in [0.25, 0.3) is 0 Å². The van der Waals surface area contributed by atoms with Crippen molar-refractivity contribution in [3.05, 3.63) is 125 Å². The third-order valence-electron chi connectivity index (χ3n) is 6.02. The number of hydrogen-bond acceptors (Lipinski definition) is 4. The van der Waals surface area contributed by atoms with Crippen LogP contribution >= 0.6 is 0 Å². The molecule has 0 radical (unpaired) electrons. The fourth-order valence-corrected chi connectivity index (χ4v) is 3.77. The molecule has 0 aromatic heterocycles. The molecule has 39 heavy (non-hydrogen) atoms. The lowest BCUT2D eigenvalue weighted by Crippen LogP contribution is -2.30. The van der Waals surface area contributed by atoms with Gasteiger partial charge in [0.2, 0.25) is 5.91 Å². The van der Waals surface area contributed by atoms with E-state index >= 15 is 0 Å². The Bertz CT molecular complexity index is 1320. The molecule has 1 saturated carbocycles. The molecular formula is C31H32F3N3O2. The number of aldehydes is 1. The highest BCUT2D eigenvalue weighted by atomic mass is 19.4. The van der Waals surface area contributed by atoms with Gasteiger partial charge < -0.3 is 16.4 Å². The molecule has 0 bridgehead atoms. The van der Waals surface area contributed by atoms with Crippen LogP contribution in [0.2, 0.25) is 0 Å². The van der Waals surface area contributed by atoms with E-state index in [1.54, 1.807) is 24.3 Å². The first kappa shape index (κ1) is 29.4. The molecule has 8 heteroatoms. The summed E-state index contributed by atoms with van der Waals surface area (Å²) >= 11 is 0. The summed E-state index contributed by atoms with van der Waals surface area (Å²) in [5, 5.41) is 5.78. The van der Waals surface area contributed by atoms with Crippen molar-refractivity contribution in [2.24, 2.45) is 11.7 Å². The standard InChI is InChI=1S/C18H19NO.C13H13F3N2O/c1-13-6-5-9-16(12-13)17(14-7-3-2-4-8-14)19-18(20)15-10-11-15;1-9(13(14,15)16)5-12(8-19)18-11-4-2-3-10(6-11)7-17/h2-9,12,15,17H,10-11H2,1H3,(H,19,20);2-6,8,18H,1,7,17H2/b;12-5-. The second kappa shape index (κ2) is 13.6. The van der Waals surface area contributed by atoms with Crippen molar-refractivity contribution in [2.75, 3.05) is 5.32 Å². The maximum absolute atomic E-state index is 12.3. The van der Waals surface area contributed by atoms with Gasteiger partial charge in [-0.1, -0.05) is 78.9 Å². The second-order valence-corrected chi connectivity index (χ2v) is 9.31. The normalized spacial score (nSPS) is 13.9. The number of halogens is 3. The number of hydrogen-bond donors (Lipinski definition) is 3. The van der Waals surface area contributed by atoms with Crippen LogP contribution in [0.15, 0.2) is 103 Å². The number of carbonyl (C=O) groups excluding carboxylic acids is 2. The number of nitrogens with one attached hydrogen (secondary N) is 2. The SMILES string of the molecule is C=C(/C=C(/C=O)Nc1cccc(CN)c1)C(F)(F)F.Cc1cccc(C(NC(=O)C2CC2)c2ccccc2)c1. The van der Waals surface area contributed by atoms with Crippen LogP contribution in [0.3, 0.4) is 0 Å². The molecule has 1 unspecified atom stereocenters. The summed E-state index contributed by atoms with van der Waals surface area (Å²) in [5.41, 5.74) is 8.89. The van der Waals surface area contributed by atoms with Crippen LogP contribution in [0.1, 0.15) is 41.1 Å². The number of rotatable bonds is 9. The van der Waals surface area contributed by atoms with Gasteiger partial charge in [0.1, 0.15) is 0 Å². The van der Waals surface area contributed by atoms with E-state index in [1.807, 2.05) is 24.3 Å². The minimum absolute atomic E-state index is 0.0517. The molecule has 0 saturated heterocycles. The Morgan fingerprint density at radius 1 is 1.03 bits per heavy atom. The maximum atomic E-state index is 12.3. The fraction of sp³-hybridized carbons (Fsp3) is 0.226. The lowest BCUT2D eigenvalue weighted by atomic mass is 9.97. The van der Waals surface area contributed by atoms with E-state index in [0.29, 0.717) is 24.6 Å². The molecular weight excluding hydrogens is 503 g/mol. The number of aryl methyl sites for hydroxylation is 1. The highest BCUT2D eigenvalue weighted by Crippen LogP contribution is 2.31. The summed E-state index contributed by atoms with van der Waals surface area (Å²) in [6, 6.07) is 25.2. The molecule has 1 amide bonds. The van der Waals surface area contributed by atoms with Gasteiger partial charge in [-0.3, -0.25) is 9.59 Å². The van der Waals surface area contributed by atoms with E-state index in [9.17, 15) is 22.8 Å². The largest absolute Gasteiger partial charge is 0.415 e. The minimum atomic E-state index is -4.56. The van der Waals surface area contributed by atoms with Gasteiger partial charge >= 0.3 is 6.18 Å². The zero-order valence-electron chi connectivity index (χ0n) is 21.7. The van der Waals surface area contributed by atoms with Crippen molar-refractivity contribution in [3.63, 3.8) is 0 Å². The predicted molar refractivity (Wildman–Crippen MR) is 148 cm³/mol. The van der Waals surface area contributed by atoms with Crippen molar-refractivity contribution in [3.8, 4) is 0 Å². The molecule has 1 atom stereocenters. The van der Waals surface area contributed by atoms with Gasteiger partial charge in [0.05, 0.1) is 17.3 Å². The van der Waals surface area contributed by atoms with E-state index < -0.39 is 11.7 Å². The first-order valence-electron chi connectivity index (χ1n) is 12.5. The number of anilines is 1.